The van der Waals surface area contributed by atoms with Gasteiger partial charge in [-0.05, 0) is 66.3 Å². The summed E-state index contributed by atoms with van der Waals surface area (Å²) in [5.41, 5.74) is 0. The third-order valence-corrected chi connectivity index (χ3v) is 3.96. The predicted octanol–water partition coefficient (Wildman–Crippen LogP) is 2.98. The van der Waals surface area contributed by atoms with Crippen molar-refractivity contribution in [1.29, 1.82) is 0 Å². The maximum absolute atomic E-state index is 2.43. The molecule has 0 aromatic rings. The molecule has 0 aromatic heterocycles. The minimum absolute atomic E-state index is 0.837. The first-order chi connectivity index (χ1) is 7.70. The molecule has 2 rings (SSSR count). The lowest BCUT2D eigenvalue weighted by Crippen LogP contribution is -2.33. The van der Waals surface area contributed by atoms with E-state index in [0.717, 1.165) is 6.04 Å². The number of rotatable bonds is 0. The van der Waals surface area contributed by atoms with Gasteiger partial charge in [0.05, 0.1) is 0 Å². The number of piperidine rings is 1. The highest BCUT2D eigenvalue weighted by atomic mass is 15.1. The fourth-order valence-electron chi connectivity index (χ4n) is 2.47. The minimum atomic E-state index is 0.837. The van der Waals surface area contributed by atoms with Gasteiger partial charge in [-0.25, -0.2) is 0 Å². The Balaban J connectivity index is 0.000000160. The summed E-state index contributed by atoms with van der Waals surface area (Å²) < 4.78 is 0. The molecular formula is C14H30N2. The first-order valence-electron chi connectivity index (χ1n) is 7.09. The smallest absolute Gasteiger partial charge is 0.00638 e. The van der Waals surface area contributed by atoms with E-state index in [9.17, 15) is 0 Å². The summed E-state index contributed by atoms with van der Waals surface area (Å²) in [5.74, 6) is 0. The molecule has 0 bridgehead atoms. The first kappa shape index (κ1) is 14.0. The Kier molecular flexibility index (Phi) is 7.06. The van der Waals surface area contributed by atoms with E-state index in [4.69, 9.17) is 0 Å². The van der Waals surface area contributed by atoms with Crippen LogP contribution in [0.4, 0.5) is 0 Å². The van der Waals surface area contributed by atoms with Gasteiger partial charge in [0.1, 0.15) is 0 Å². The van der Waals surface area contributed by atoms with Crippen molar-refractivity contribution in [2.24, 2.45) is 0 Å². The van der Waals surface area contributed by atoms with Crippen molar-refractivity contribution in [1.82, 2.24) is 9.80 Å². The molecule has 2 fully saturated rings. The summed E-state index contributed by atoms with van der Waals surface area (Å²) in [5, 5.41) is 0. The zero-order chi connectivity index (χ0) is 11.8. The SMILES string of the molecule is CC1CCCCN1C.CN1CCCCCC1. The minimum Gasteiger partial charge on any atom is -0.306 e. The van der Waals surface area contributed by atoms with Crippen LogP contribution in [-0.2, 0) is 0 Å². The van der Waals surface area contributed by atoms with Crippen LogP contribution in [0.2, 0.25) is 0 Å². The summed E-state index contributed by atoms with van der Waals surface area (Å²) in [6, 6.07) is 0.837. The van der Waals surface area contributed by atoms with Crippen molar-refractivity contribution in [3.8, 4) is 0 Å². The molecule has 2 aliphatic heterocycles. The highest BCUT2D eigenvalue weighted by molar-refractivity contribution is 4.68. The fourth-order valence-corrected chi connectivity index (χ4v) is 2.47. The van der Waals surface area contributed by atoms with E-state index in [2.05, 4.69) is 30.8 Å². The topological polar surface area (TPSA) is 6.48 Å². The van der Waals surface area contributed by atoms with Crippen LogP contribution < -0.4 is 0 Å². The lowest BCUT2D eigenvalue weighted by molar-refractivity contribution is 0.200. The fraction of sp³-hybridized carbons (Fsp3) is 1.00. The Labute approximate surface area is 102 Å². The summed E-state index contributed by atoms with van der Waals surface area (Å²) in [6.45, 7) is 6.25. The Morgan fingerprint density at radius 3 is 1.75 bits per heavy atom. The van der Waals surface area contributed by atoms with Gasteiger partial charge in [-0.3, -0.25) is 0 Å². The molecule has 0 N–H and O–H groups in total. The van der Waals surface area contributed by atoms with Gasteiger partial charge in [0.25, 0.3) is 0 Å². The molecule has 96 valence electrons. The molecule has 2 saturated heterocycles. The van der Waals surface area contributed by atoms with Crippen molar-refractivity contribution in [2.45, 2.75) is 57.9 Å². The third kappa shape index (κ3) is 5.86. The van der Waals surface area contributed by atoms with Crippen LogP contribution >= 0.6 is 0 Å². The average Bonchev–Trinajstić information content (AvgIpc) is 2.51. The van der Waals surface area contributed by atoms with Gasteiger partial charge in [-0.2, -0.15) is 0 Å². The monoisotopic (exact) mass is 226 g/mol. The largest absolute Gasteiger partial charge is 0.306 e. The van der Waals surface area contributed by atoms with Crippen molar-refractivity contribution in [3.05, 3.63) is 0 Å². The quantitative estimate of drug-likeness (QED) is 0.626. The molecule has 0 saturated carbocycles. The lowest BCUT2D eigenvalue weighted by Gasteiger charge is -2.29. The van der Waals surface area contributed by atoms with E-state index in [-0.39, 0.29) is 0 Å². The summed E-state index contributed by atoms with van der Waals surface area (Å²) >= 11 is 0. The van der Waals surface area contributed by atoms with Crippen LogP contribution in [0, 0.1) is 0 Å². The van der Waals surface area contributed by atoms with Crippen molar-refractivity contribution < 1.29 is 0 Å². The molecule has 2 heterocycles. The predicted molar refractivity (Wildman–Crippen MR) is 71.9 cm³/mol. The molecule has 1 atom stereocenters. The standard InChI is InChI=1S/2C7H15N/c1-7-5-3-4-6-8(7)2;1-8-6-4-2-3-5-7-8/h7H,3-6H2,1-2H3;2-7H2,1H3. The molecule has 2 aliphatic rings. The van der Waals surface area contributed by atoms with Crippen LogP contribution in [-0.4, -0.2) is 49.6 Å². The number of likely N-dealkylation sites (tertiary alicyclic amines) is 2. The van der Waals surface area contributed by atoms with Crippen LogP contribution in [0.25, 0.3) is 0 Å². The lowest BCUT2D eigenvalue weighted by atomic mass is 10.1. The van der Waals surface area contributed by atoms with E-state index >= 15 is 0 Å². The summed E-state index contributed by atoms with van der Waals surface area (Å²) in [4.78, 5) is 4.86. The van der Waals surface area contributed by atoms with Gasteiger partial charge >= 0.3 is 0 Å². The zero-order valence-corrected chi connectivity index (χ0v) is 11.5. The Morgan fingerprint density at radius 2 is 1.31 bits per heavy atom. The second-order valence-electron chi connectivity index (χ2n) is 5.54. The highest BCUT2D eigenvalue weighted by Gasteiger charge is 2.12. The Morgan fingerprint density at radius 1 is 0.750 bits per heavy atom. The molecule has 0 amide bonds. The van der Waals surface area contributed by atoms with Gasteiger partial charge in [-0.1, -0.05) is 19.3 Å². The maximum Gasteiger partial charge on any atom is 0.00638 e. The highest BCUT2D eigenvalue weighted by Crippen LogP contribution is 2.13. The average molecular weight is 226 g/mol. The Hall–Kier alpha value is -0.0800. The number of nitrogens with zero attached hydrogens (tertiary/aromatic N) is 2. The number of hydrogen-bond acceptors (Lipinski definition) is 2. The molecule has 0 radical (unpaired) electrons. The number of hydrogen-bond donors (Lipinski definition) is 0. The van der Waals surface area contributed by atoms with Crippen LogP contribution in [0.3, 0.4) is 0 Å². The molecule has 2 heteroatoms. The van der Waals surface area contributed by atoms with Crippen molar-refractivity contribution >= 4 is 0 Å². The van der Waals surface area contributed by atoms with Crippen LogP contribution in [0.1, 0.15) is 51.9 Å². The van der Waals surface area contributed by atoms with Crippen molar-refractivity contribution in [3.63, 3.8) is 0 Å². The first-order valence-corrected chi connectivity index (χ1v) is 7.09. The van der Waals surface area contributed by atoms with E-state index in [1.165, 1.54) is 64.6 Å². The second kappa shape index (κ2) is 8.08. The zero-order valence-electron chi connectivity index (χ0n) is 11.5. The molecule has 2 nitrogen and oxygen atoms in total. The molecule has 1 unspecified atom stereocenters. The van der Waals surface area contributed by atoms with E-state index in [0.29, 0.717) is 0 Å². The molecule has 0 aromatic carbocycles. The van der Waals surface area contributed by atoms with Crippen molar-refractivity contribution in [2.75, 3.05) is 33.7 Å². The van der Waals surface area contributed by atoms with Crippen LogP contribution in [0.5, 0.6) is 0 Å². The van der Waals surface area contributed by atoms with Gasteiger partial charge in [-0.15, -0.1) is 0 Å². The van der Waals surface area contributed by atoms with E-state index in [1.807, 2.05) is 0 Å². The van der Waals surface area contributed by atoms with Gasteiger partial charge < -0.3 is 9.80 Å². The maximum atomic E-state index is 2.43. The summed E-state index contributed by atoms with van der Waals surface area (Å²) in [6.07, 6.45) is 9.96. The second-order valence-corrected chi connectivity index (χ2v) is 5.54. The van der Waals surface area contributed by atoms with Gasteiger partial charge in [0, 0.05) is 6.04 Å². The Bertz CT molecular complexity index is 152. The summed E-state index contributed by atoms with van der Waals surface area (Å²) in [7, 11) is 4.43. The van der Waals surface area contributed by atoms with Gasteiger partial charge in [0.15, 0.2) is 0 Å². The molecule has 0 spiro atoms. The van der Waals surface area contributed by atoms with E-state index < -0.39 is 0 Å². The normalized spacial score (nSPS) is 29.1. The van der Waals surface area contributed by atoms with E-state index in [1.54, 1.807) is 0 Å². The molecule has 16 heavy (non-hydrogen) atoms. The van der Waals surface area contributed by atoms with Crippen LogP contribution in [0.15, 0.2) is 0 Å². The van der Waals surface area contributed by atoms with Gasteiger partial charge in [0.2, 0.25) is 0 Å². The third-order valence-electron chi connectivity index (χ3n) is 3.96. The molecule has 0 aliphatic carbocycles. The molecular weight excluding hydrogens is 196 g/mol.